The van der Waals surface area contributed by atoms with E-state index in [-0.39, 0.29) is 0 Å². The molecule has 0 aliphatic heterocycles. The summed E-state index contributed by atoms with van der Waals surface area (Å²) in [7, 11) is 1.51. The average Bonchev–Trinajstić information content (AvgIpc) is 2.61. The molecule has 0 aromatic heterocycles. The Morgan fingerprint density at radius 2 is 1.08 bits per heavy atom. The maximum Gasteiger partial charge on any atom is 0.0819 e. The van der Waals surface area contributed by atoms with Crippen LogP contribution in [0.25, 0.3) is 0 Å². The predicted molar refractivity (Wildman–Crippen MR) is 108 cm³/mol. The zero-order valence-corrected chi connectivity index (χ0v) is 17.0. The molecule has 0 amide bonds. The van der Waals surface area contributed by atoms with E-state index >= 15 is 0 Å². The van der Waals surface area contributed by atoms with Gasteiger partial charge in [0.05, 0.1) is 13.7 Å². The fourth-order valence-electron chi connectivity index (χ4n) is 2.24. The molecule has 0 spiro atoms. The Morgan fingerprint density at radius 3 is 1.50 bits per heavy atom. The van der Waals surface area contributed by atoms with Gasteiger partial charge in [0.25, 0.3) is 0 Å². The van der Waals surface area contributed by atoms with Crippen LogP contribution >= 0.6 is 0 Å². The van der Waals surface area contributed by atoms with Crippen molar-refractivity contribution in [3.8, 4) is 0 Å². The first-order valence-electron chi connectivity index (χ1n) is 10.3. The molecule has 0 aliphatic carbocycles. The highest BCUT2D eigenvalue weighted by molar-refractivity contribution is 4.81. The van der Waals surface area contributed by atoms with Gasteiger partial charge in [-0.2, -0.15) is 0 Å². The van der Waals surface area contributed by atoms with Crippen molar-refractivity contribution in [3.05, 3.63) is 24.3 Å². The number of rotatable bonds is 16. The third-order valence-electron chi connectivity index (χ3n) is 3.69. The van der Waals surface area contributed by atoms with Crippen LogP contribution in [0.5, 0.6) is 0 Å². The van der Waals surface area contributed by atoms with Gasteiger partial charge < -0.3 is 0 Å². The zero-order chi connectivity index (χ0) is 18.1. The second-order valence-corrected chi connectivity index (χ2v) is 6.18. The molecule has 0 heterocycles. The molecular formula is C22H44O2. The Labute approximate surface area is 152 Å². The van der Waals surface area contributed by atoms with Crippen LogP contribution in [0, 0.1) is 0 Å². The van der Waals surface area contributed by atoms with Gasteiger partial charge in [0.1, 0.15) is 0 Å². The molecule has 0 radical (unpaired) electrons. The number of unbranched alkanes of at least 4 members (excludes halogenated alkanes) is 9. The molecule has 144 valence electrons. The van der Waals surface area contributed by atoms with E-state index in [4.69, 9.17) is 0 Å². The molecule has 0 bridgehead atoms. The maximum absolute atomic E-state index is 4.48. The van der Waals surface area contributed by atoms with Crippen molar-refractivity contribution in [2.45, 2.75) is 104 Å². The van der Waals surface area contributed by atoms with E-state index in [9.17, 15) is 0 Å². The largest absolute Gasteiger partial charge is 0.240 e. The zero-order valence-electron chi connectivity index (χ0n) is 17.0. The summed E-state index contributed by atoms with van der Waals surface area (Å²) >= 11 is 0. The highest BCUT2D eigenvalue weighted by Crippen LogP contribution is 2.09. The van der Waals surface area contributed by atoms with Crippen LogP contribution in [0.1, 0.15) is 104 Å². The van der Waals surface area contributed by atoms with Crippen molar-refractivity contribution in [1.29, 1.82) is 0 Å². The molecule has 2 heteroatoms. The lowest BCUT2D eigenvalue weighted by atomic mass is 10.1. The molecule has 0 aromatic rings. The standard InChI is InChI=1S/C18H34.C4H10O2/c1-3-5-7-9-11-13-15-17-18-16-14-12-10-8-6-4-2;1-3-4-6-5-2/h5,7,10,12H,3-4,6,8-9,11,13-18H2,1-2H3;3-4H2,1-2H3/b7-5-,12-10+;. The van der Waals surface area contributed by atoms with Crippen LogP contribution in [-0.2, 0) is 9.78 Å². The van der Waals surface area contributed by atoms with Crippen LogP contribution < -0.4 is 0 Å². The summed E-state index contributed by atoms with van der Waals surface area (Å²) in [4.78, 5) is 8.76. The summed E-state index contributed by atoms with van der Waals surface area (Å²) in [6.45, 7) is 7.18. The Hall–Kier alpha value is -0.600. The molecule has 0 N–H and O–H groups in total. The lowest BCUT2D eigenvalue weighted by Crippen LogP contribution is -1.88. The lowest BCUT2D eigenvalue weighted by Gasteiger charge is -1.99. The Balaban J connectivity index is 0. The van der Waals surface area contributed by atoms with E-state index in [0.717, 1.165) is 6.42 Å². The number of hydrogen-bond acceptors (Lipinski definition) is 2. The summed E-state index contributed by atoms with van der Waals surface area (Å²) in [5.41, 5.74) is 0. The highest BCUT2D eigenvalue weighted by Gasteiger charge is 1.89. The molecule has 0 rings (SSSR count). The summed E-state index contributed by atoms with van der Waals surface area (Å²) in [6.07, 6.45) is 26.6. The first-order chi connectivity index (χ1) is 11.8. The van der Waals surface area contributed by atoms with Crippen LogP contribution in [0.4, 0.5) is 0 Å². The maximum atomic E-state index is 4.48. The molecule has 0 saturated heterocycles. The van der Waals surface area contributed by atoms with Crippen LogP contribution in [0.3, 0.4) is 0 Å². The number of allylic oxidation sites excluding steroid dienone is 4. The third kappa shape index (κ3) is 29.4. The second-order valence-electron chi connectivity index (χ2n) is 6.18. The van der Waals surface area contributed by atoms with Crippen molar-refractivity contribution < 1.29 is 9.78 Å². The Kier molecular flexibility index (Phi) is 29.1. The van der Waals surface area contributed by atoms with Gasteiger partial charge in [-0.25, -0.2) is 9.78 Å². The van der Waals surface area contributed by atoms with Gasteiger partial charge in [-0.1, -0.05) is 83.6 Å². The van der Waals surface area contributed by atoms with Crippen molar-refractivity contribution in [2.75, 3.05) is 13.7 Å². The van der Waals surface area contributed by atoms with Crippen molar-refractivity contribution in [3.63, 3.8) is 0 Å². The van der Waals surface area contributed by atoms with Crippen molar-refractivity contribution in [1.82, 2.24) is 0 Å². The van der Waals surface area contributed by atoms with Gasteiger partial charge >= 0.3 is 0 Å². The fourth-order valence-corrected chi connectivity index (χ4v) is 2.24. The van der Waals surface area contributed by atoms with E-state index in [0.29, 0.717) is 6.61 Å². The normalized spacial score (nSPS) is 11.2. The van der Waals surface area contributed by atoms with E-state index in [1.807, 2.05) is 6.92 Å². The van der Waals surface area contributed by atoms with Gasteiger partial charge in [0.15, 0.2) is 0 Å². The highest BCUT2D eigenvalue weighted by atomic mass is 17.2. The third-order valence-corrected chi connectivity index (χ3v) is 3.69. The monoisotopic (exact) mass is 340 g/mol. The summed E-state index contributed by atoms with van der Waals surface area (Å²) < 4.78 is 0. The predicted octanol–water partition coefficient (Wildman–Crippen LogP) is 7.79. The quantitative estimate of drug-likeness (QED) is 0.123. The molecule has 0 unspecified atom stereocenters. The molecule has 24 heavy (non-hydrogen) atoms. The Morgan fingerprint density at radius 1 is 0.583 bits per heavy atom. The van der Waals surface area contributed by atoms with E-state index in [1.54, 1.807) is 0 Å². The molecule has 0 atom stereocenters. The minimum atomic E-state index is 0.691. The van der Waals surface area contributed by atoms with E-state index < -0.39 is 0 Å². The molecule has 0 aliphatic rings. The first-order valence-corrected chi connectivity index (χ1v) is 10.3. The van der Waals surface area contributed by atoms with Crippen LogP contribution in [0.15, 0.2) is 24.3 Å². The van der Waals surface area contributed by atoms with Gasteiger partial charge in [-0.15, -0.1) is 0 Å². The molecule has 0 fully saturated rings. The summed E-state index contributed by atoms with van der Waals surface area (Å²) in [5, 5.41) is 0. The lowest BCUT2D eigenvalue weighted by molar-refractivity contribution is -0.272. The summed E-state index contributed by atoms with van der Waals surface area (Å²) in [6, 6.07) is 0. The van der Waals surface area contributed by atoms with Gasteiger partial charge in [0.2, 0.25) is 0 Å². The van der Waals surface area contributed by atoms with Crippen molar-refractivity contribution >= 4 is 0 Å². The van der Waals surface area contributed by atoms with Crippen LogP contribution in [0.2, 0.25) is 0 Å². The molecule has 2 nitrogen and oxygen atoms in total. The first kappa shape index (κ1) is 25.6. The molecule has 0 aromatic carbocycles. The fraction of sp³-hybridized carbons (Fsp3) is 0.818. The minimum Gasteiger partial charge on any atom is -0.240 e. The minimum absolute atomic E-state index is 0.691. The molecule has 0 saturated carbocycles. The van der Waals surface area contributed by atoms with Gasteiger partial charge in [0, 0.05) is 0 Å². The topological polar surface area (TPSA) is 18.5 Å². The number of hydrogen-bond donors (Lipinski definition) is 0. The van der Waals surface area contributed by atoms with Crippen LogP contribution in [-0.4, -0.2) is 13.7 Å². The van der Waals surface area contributed by atoms with Gasteiger partial charge in [-0.05, 0) is 44.9 Å². The SMILES string of the molecule is CC/C=C\CCCCCCCC/C=C/CCCC.CCCOOC. The smallest absolute Gasteiger partial charge is 0.0819 e. The van der Waals surface area contributed by atoms with E-state index in [2.05, 4.69) is 47.9 Å². The Bertz CT molecular complexity index is 242. The average molecular weight is 341 g/mol. The molecular weight excluding hydrogens is 296 g/mol. The van der Waals surface area contributed by atoms with Crippen molar-refractivity contribution in [2.24, 2.45) is 0 Å². The second kappa shape index (κ2) is 27.3. The van der Waals surface area contributed by atoms with E-state index in [1.165, 1.54) is 84.2 Å². The van der Waals surface area contributed by atoms with Gasteiger partial charge in [-0.3, -0.25) is 0 Å². The summed E-state index contributed by atoms with van der Waals surface area (Å²) in [5.74, 6) is 0.